The molecule has 0 saturated carbocycles. The van der Waals surface area contributed by atoms with Gasteiger partial charge in [0.15, 0.2) is 0 Å². The van der Waals surface area contributed by atoms with Crippen molar-refractivity contribution in [3.63, 3.8) is 0 Å². The second-order valence-corrected chi connectivity index (χ2v) is 5.28. The fourth-order valence-electron chi connectivity index (χ4n) is 1.90. The van der Waals surface area contributed by atoms with Gasteiger partial charge in [-0.2, -0.15) is 0 Å². The number of hydrogen-bond acceptors (Lipinski definition) is 3. The summed E-state index contributed by atoms with van der Waals surface area (Å²) in [6.07, 6.45) is 7.69. The fourth-order valence-corrected chi connectivity index (χ4v) is 1.90. The molecule has 116 valence electrons. The van der Waals surface area contributed by atoms with E-state index >= 15 is 0 Å². The van der Waals surface area contributed by atoms with E-state index in [1.165, 1.54) is 18.9 Å². The van der Waals surface area contributed by atoms with Gasteiger partial charge < -0.3 is 9.47 Å². The summed E-state index contributed by atoms with van der Waals surface area (Å²) in [6, 6.07) is 7.52. The lowest BCUT2D eigenvalue weighted by atomic mass is 10.0. The van der Waals surface area contributed by atoms with Crippen molar-refractivity contribution < 1.29 is 14.3 Å². The molecule has 0 spiro atoms. The van der Waals surface area contributed by atoms with Crippen molar-refractivity contribution in [1.82, 2.24) is 0 Å². The Morgan fingerprint density at radius 1 is 1.24 bits per heavy atom. The second-order valence-electron chi connectivity index (χ2n) is 5.28. The van der Waals surface area contributed by atoms with Gasteiger partial charge in [-0.1, -0.05) is 38.8 Å². The zero-order valence-corrected chi connectivity index (χ0v) is 13.3. The smallest absolute Gasteiger partial charge is 0.330 e. The average Bonchev–Trinajstić information content (AvgIpc) is 2.52. The van der Waals surface area contributed by atoms with Crippen LogP contribution in [0.1, 0.15) is 45.1 Å². The maximum absolute atomic E-state index is 11.6. The minimum atomic E-state index is -0.283. The van der Waals surface area contributed by atoms with E-state index in [1.54, 1.807) is 13.2 Å². The molecule has 0 N–H and O–H groups in total. The minimum Gasteiger partial charge on any atom is -0.497 e. The van der Waals surface area contributed by atoms with Crippen molar-refractivity contribution in [3.05, 3.63) is 35.9 Å². The van der Waals surface area contributed by atoms with E-state index < -0.39 is 0 Å². The van der Waals surface area contributed by atoms with E-state index in [2.05, 4.69) is 13.8 Å². The van der Waals surface area contributed by atoms with E-state index in [0.29, 0.717) is 6.61 Å². The lowest BCUT2D eigenvalue weighted by molar-refractivity contribution is -0.137. The van der Waals surface area contributed by atoms with E-state index in [4.69, 9.17) is 9.47 Å². The first-order valence-electron chi connectivity index (χ1n) is 7.64. The van der Waals surface area contributed by atoms with E-state index in [9.17, 15) is 4.79 Å². The molecule has 0 heterocycles. The molecule has 1 atom stereocenters. The Balaban J connectivity index is 2.21. The SMILES string of the molecule is CCC(C)CCCCOC(=O)/C=C/c1ccc(OC)cc1. The number of benzene rings is 1. The summed E-state index contributed by atoms with van der Waals surface area (Å²) >= 11 is 0. The van der Waals surface area contributed by atoms with Gasteiger partial charge in [-0.15, -0.1) is 0 Å². The lowest BCUT2D eigenvalue weighted by Gasteiger charge is -2.07. The van der Waals surface area contributed by atoms with Crippen molar-refractivity contribution in [2.24, 2.45) is 5.92 Å². The maximum Gasteiger partial charge on any atom is 0.330 e. The van der Waals surface area contributed by atoms with Crippen molar-refractivity contribution in [2.45, 2.75) is 39.5 Å². The second kappa shape index (κ2) is 10.0. The molecule has 0 saturated heterocycles. The molecule has 3 nitrogen and oxygen atoms in total. The van der Waals surface area contributed by atoms with Gasteiger partial charge in [0.05, 0.1) is 13.7 Å². The van der Waals surface area contributed by atoms with Crippen molar-refractivity contribution in [1.29, 1.82) is 0 Å². The average molecular weight is 290 g/mol. The highest BCUT2D eigenvalue weighted by molar-refractivity contribution is 5.87. The molecular formula is C18H26O3. The van der Waals surface area contributed by atoms with Crippen LogP contribution in [-0.2, 0) is 9.53 Å². The van der Waals surface area contributed by atoms with Crippen LogP contribution >= 0.6 is 0 Å². The summed E-state index contributed by atoms with van der Waals surface area (Å²) in [7, 11) is 1.63. The molecule has 1 rings (SSSR count). The Labute approximate surface area is 128 Å². The van der Waals surface area contributed by atoms with Crippen LogP contribution in [0.2, 0.25) is 0 Å². The van der Waals surface area contributed by atoms with Crippen LogP contribution in [0.25, 0.3) is 6.08 Å². The molecule has 1 aromatic rings. The van der Waals surface area contributed by atoms with Crippen molar-refractivity contribution >= 4 is 12.0 Å². The summed E-state index contributed by atoms with van der Waals surface area (Å²) in [4.78, 5) is 11.6. The first-order valence-corrected chi connectivity index (χ1v) is 7.64. The minimum absolute atomic E-state index is 0.283. The highest BCUT2D eigenvalue weighted by atomic mass is 16.5. The summed E-state index contributed by atoms with van der Waals surface area (Å²) in [6.45, 7) is 4.96. The topological polar surface area (TPSA) is 35.5 Å². The summed E-state index contributed by atoms with van der Waals surface area (Å²) in [5, 5.41) is 0. The molecule has 0 aromatic heterocycles. The number of ether oxygens (including phenoxy) is 2. The van der Waals surface area contributed by atoms with Gasteiger partial charge in [-0.3, -0.25) is 0 Å². The largest absolute Gasteiger partial charge is 0.497 e. The molecule has 3 heteroatoms. The molecule has 0 fully saturated rings. The number of carbonyl (C=O) groups excluding carboxylic acids is 1. The number of rotatable bonds is 9. The highest BCUT2D eigenvalue weighted by Crippen LogP contribution is 2.13. The zero-order chi connectivity index (χ0) is 15.5. The normalized spacial score (nSPS) is 12.3. The molecule has 1 unspecified atom stereocenters. The predicted molar refractivity (Wildman–Crippen MR) is 86.3 cm³/mol. The van der Waals surface area contributed by atoms with Gasteiger partial charge in [-0.05, 0) is 42.5 Å². The maximum atomic E-state index is 11.6. The number of carbonyl (C=O) groups is 1. The van der Waals surface area contributed by atoms with Gasteiger partial charge in [0.1, 0.15) is 5.75 Å². The Bertz CT molecular complexity index is 434. The molecule has 0 amide bonds. The van der Waals surface area contributed by atoms with Crippen LogP contribution in [0.5, 0.6) is 5.75 Å². The van der Waals surface area contributed by atoms with Crippen molar-refractivity contribution in [3.8, 4) is 5.75 Å². The molecule has 0 radical (unpaired) electrons. The Morgan fingerprint density at radius 2 is 1.95 bits per heavy atom. The van der Waals surface area contributed by atoms with Gasteiger partial charge in [0, 0.05) is 6.08 Å². The summed E-state index contributed by atoms with van der Waals surface area (Å²) < 4.78 is 10.3. The fraction of sp³-hybridized carbons (Fsp3) is 0.500. The van der Waals surface area contributed by atoms with Gasteiger partial charge in [-0.25, -0.2) is 4.79 Å². The Morgan fingerprint density at radius 3 is 2.57 bits per heavy atom. The first kappa shape index (κ1) is 17.3. The molecule has 0 bridgehead atoms. The zero-order valence-electron chi connectivity index (χ0n) is 13.3. The predicted octanol–water partition coefficient (Wildman–Crippen LogP) is 4.47. The van der Waals surface area contributed by atoms with Crippen LogP contribution in [-0.4, -0.2) is 19.7 Å². The number of unbranched alkanes of at least 4 members (excludes halogenated alkanes) is 1. The van der Waals surface area contributed by atoms with E-state index in [-0.39, 0.29) is 5.97 Å². The van der Waals surface area contributed by atoms with Gasteiger partial charge in [0.25, 0.3) is 0 Å². The van der Waals surface area contributed by atoms with Crippen LogP contribution in [0.3, 0.4) is 0 Å². The summed E-state index contributed by atoms with van der Waals surface area (Å²) in [5.41, 5.74) is 0.949. The molecule has 0 aliphatic rings. The third kappa shape index (κ3) is 7.54. The van der Waals surface area contributed by atoms with Gasteiger partial charge >= 0.3 is 5.97 Å². The Kier molecular flexibility index (Phi) is 8.25. The van der Waals surface area contributed by atoms with Crippen LogP contribution in [0.15, 0.2) is 30.3 Å². The quantitative estimate of drug-likeness (QED) is 0.382. The standard InChI is InChI=1S/C18H26O3/c1-4-15(2)7-5-6-14-21-18(19)13-10-16-8-11-17(20-3)12-9-16/h8-13,15H,4-7,14H2,1-3H3/b13-10+. The number of esters is 1. The number of hydrogen-bond donors (Lipinski definition) is 0. The molecule has 0 aliphatic carbocycles. The monoisotopic (exact) mass is 290 g/mol. The van der Waals surface area contributed by atoms with E-state index in [1.807, 2.05) is 24.3 Å². The molecular weight excluding hydrogens is 264 g/mol. The lowest BCUT2D eigenvalue weighted by Crippen LogP contribution is -2.03. The van der Waals surface area contributed by atoms with Gasteiger partial charge in [0.2, 0.25) is 0 Å². The first-order chi connectivity index (χ1) is 10.2. The molecule has 1 aromatic carbocycles. The van der Waals surface area contributed by atoms with Crippen LogP contribution in [0.4, 0.5) is 0 Å². The van der Waals surface area contributed by atoms with Crippen LogP contribution in [0, 0.1) is 5.92 Å². The van der Waals surface area contributed by atoms with E-state index in [0.717, 1.165) is 30.1 Å². The third-order valence-electron chi connectivity index (χ3n) is 3.56. The van der Waals surface area contributed by atoms with Crippen LogP contribution < -0.4 is 4.74 Å². The number of methoxy groups -OCH3 is 1. The third-order valence-corrected chi connectivity index (χ3v) is 3.56. The summed E-state index contributed by atoms with van der Waals surface area (Å²) in [5.74, 6) is 1.28. The Hall–Kier alpha value is -1.77. The van der Waals surface area contributed by atoms with Crippen molar-refractivity contribution in [2.75, 3.05) is 13.7 Å². The highest BCUT2D eigenvalue weighted by Gasteiger charge is 2.00. The molecule has 21 heavy (non-hydrogen) atoms. The molecule has 0 aliphatic heterocycles.